The summed E-state index contributed by atoms with van der Waals surface area (Å²) in [4.78, 5) is 11.1. The summed E-state index contributed by atoms with van der Waals surface area (Å²) in [6.45, 7) is 10.7. The summed E-state index contributed by atoms with van der Waals surface area (Å²) in [5, 5.41) is 3.42. The number of carbonyl (C=O) groups is 1. The van der Waals surface area contributed by atoms with Gasteiger partial charge in [-0.05, 0) is 13.8 Å². The van der Waals surface area contributed by atoms with Crippen molar-refractivity contribution in [1.29, 1.82) is 0 Å². The Morgan fingerprint density at radius 3 is 2.29 bits per heavy atom. The largest absolute Gasteiger partial charge is 0.347 e. The number of hydrogen-bond acceptors (Lipinski definition) is 2. The van der Waals surface area contributed by atoms with E-state index < -0.39 is 0 Å². The molecular weight excluding hydrogens is 173 g/mol. The van der Waals surface area contributed by atoms with Crippen LogP contribution in [0.25, 0.3) is 0 Å². The molecule has 0 aromatic carbocycles. The van der Waals surface area contributed by atoms with Crippen molar-refractivity contribution in [2.75, 3.05) is 0 Å². The van der Waals surface area contributed by atoms with Crippen molar-refractivity contribution in [3.63, 3.8) is 0 Å². The van der Waals surface area contributed by atoms with E-state index in [4.69, 9.17) is 0 Å². The van der Waals surface area contributed by atoms with Crippen LogP contribution in [0.2, 0.25) is 12.1 Å². The van der Waals surface area contributed by atoms with E-state index in [1.54, 1.807) is 6.92 Å². The molecule has 0 fully saturated rings. The number of ketones is 1. The van der Waals surface area contributed by atoms with Gasteiger partial charge in [-0.1, -0.05) is 45.8 Å². The number of hydrogen-bond donors (Lipinski definition) is 1. The Bertz CT molecular complexity index is 173. The molecule has 0 aromatic rings. The van der Waals surface area contributed by atoms with Crippen LogP contribution >= 0.6 is 0 Å². The lowest BCUT2D eigenvalue weighted by molar-refractivity contribution is -0.118. The monoisotopic (exact) mass is 197 g/mol. The Hall–Kier alpha value is -0.305. The first-order valence-electron chi connectivity index (χ1n) is 5.79. The third-order valence-electron chi connectivity index (χ3n) is 3.00. The van der Waals surface area contributed by atoms with Crippen molar-refractivity contribution in [3.8, 4) is 0 Å². The second-order valence-corrected chi connectivity index (χ2v) is 4.28. The first-order chi connectivity index (χ1) is 6.52. The molecule has 14 heavy (non-hydrogen) atoms. The maximum absolute atomic E-state index is 11.1. The van der Waals surface area contributed by atoms with Crippen LogP contribution in [0.15, 0.2) is 0 Å². The molecule has 0 aliphatic heterocycles. The fraction of sp³-hybridized carbons (Fsp3) is 0.909. The Labute approximate surface area is 88.9 Å². The minimum absolute atomic E-state index is 0.000509. The predicted molar refractivity (Wildman–Crippen MR) is 63.8 cm³/mol. The maximum atomic E-state index is 11.1. The quantitative estimate of drug-likeness (QED) is 0.636. The molecule has 2 atom stereocenters. The van der Waals surface area contributed by atoms with Crippen molar-refractivity contribution in [3.05, 3.63) is 0 Å². The van der Waals surface area contributed by atoms with Gasteiger partial charge < -0.3 is 5.23 Å². The molecule has 0 aromatic heterocycles. The van der Waals surface area contributed by atoms with Crippen molar-refractivity contribution in [2.45, 2.75) is 65.6 Å². The Balaban J connectivity index is 4.14. The summed E-state index contributed by atoms with van der Waals surface area (Å²) in [6, 6.07) is 0.000509. The molecule has 1 N–H and O–H groups in total. The van der Waals surface area contributed by atoms with Crippen LogP contribution in [0.4, 0.5) is 0 Å². The molecule has 0 rings (SSSR count). The van der Waals surface area contributed by atoms with E-state index in [0.717, 1.165) is 6.32 Å². The van der Waals surface area contributed by atoms with E-state index in [1.165, 1.54) is 12.8 Å². The molecule has 0 aliphatic carbocycles. The van der Waals surface area contributed by atoms with Crippen LogP contribution in [-0.4, -0.2) is 18.7 Å². The maximum Gasteiger partial charge on any atom is 0.223 e. The lowest BCUT2D eigenvalue weighted by Gasteiger charge is -2.23. The van der Waals surface area contributed by atoms with Gasteiger partial charge in [0.05, 0.1) is 6.04 Å². The van der Waals surface area contributed by atoms with Crippen molar-refractivity contribution in [1.82, 2.24) is 5.23 Å². The lowest BCUT2D eigenvalue weighted by Crippen LogP contribution is -2.45. The van der Waals surface area contributed by atoms with Crippen molar-refractivity contribution < 1.29 is 4.79 Å². The number of nitrogens with one attached hydrogen (secondary N) is 1. The molecule has 0 aliphatic rings. The minimum Gasteiger partial charge on any atom is -0.347 e. The van der Waals surface area contributed by atoms with Gasteiger partial charge in [0.25, 0.3) is 0 Å². The van der Waals surface area contributed by atoms with Gasteiger partial charge in [-0.25, -0.2) is 0 Å². The summed E-state index contributed by atoms with van der Waals surface area (Å²) >= 11 is 0. The van der Waals surface area contributed by atoms with Gasteiger partial charge >= 0.3 is 0 Å². The van der Waals surface area contributed by atoms with Crippen LogP contribution < -0.4 is 5.23 Å². The number of carbonyl (C=O) groups excluding carboxylic acids is 1. The highest BCUT2D eigenvalue weighted by molar-refractivity contribution is 6.58. The van der Waals surface area contributed by atoms with E-state index in [9.17, 15) is 4.79 Å². The van der Waals surface area contributed by atoms with Crippen LogP contribution in [-0.2, 0) is 4.79 Å². The van der Waals surface area contributed by atoms with Gasteiger partial charge in [-0.2, -0.15) is 0 Å². The highest BCUT2D eigenvalue weighted by Gasteiger charge is 2.22. The SMILES string of the molecule is CCCB(NC(C)C(C)=O)[C@@H](C)CC. The number of rotatable bonds is 7. The van der Waals surface area contributed by atoms with E-state index in [-0.39, 0.29) is 11.8 Å². The van der Waals surface area contributed by atoms with Crippen LogP contribution in [0, 0.1) is 0 Å². The molecule has 0 amide bonds. The van der Waals surface area contributed by atoms with Crippen molar-refractivity contribution in [2.24, 2.45) is 0 Å². The van der Waals surface area contributed by atoms with Gasteiger partial charge in [0.15, 0.2) is 0 Å². The Morgan fingerprint density at radius 2 is 1.93 bits per heavy atom. The molecular formula is C11H24BNO. The summed E-state index contributed by atoms with van der Waals surface area (Å²) in [5.41, 5.74) is 0. The second-order valence-electron chi connectivity index (χ2n) is 4.28. The molecule has 0 saturated heterocycles. The minimum atomic E-state index is 0.000509. The van der Waals surface area contributed by atoms with Gasteiger partial charge in [0.2, 0.25) is 6.85 Å². The molecule has 0 radical (unpaired) electrons. The zero-order valence-corrected chi connectivity index (χ0v) is 10.3. The average Bonchev–Trinajstić information content (AvgIpc) is 2.15. The van der Waals surface area contributed by atoms with Crippen LogP contribution in [0.3, 0.4) is 0 Å². The number of Topliss-reactive ketones (excluding diaryl/α,β-unsaturated/α-hetero) is 1. The van der Waals surface area contributed by atoms with E-state index in [0.29, 0.717) is 12.7 Å². The third kappa shape index (κ3) is 4.80. The fourth-order valence-electron chi connectivity index (χ4n) is 1.57. The normalized spacial score (nSPS) is 14.9. The lowest BCUT2D eigenvalue weighted by atomic mass is 9.48. The van der Waals surface area contributed by atoms with Crippen LogP contribution in [0.1, 0.15) is 47.5 Å². The summed E-state index contributed by atoms with van der Waals surface area (Å²) in [7, 11) is 0. The molecule has 0 bridgehead atoms. The van der Waals surface area contributed by atoms with E-state index >= 15 is 0 Å². The molecule has 0 spiro atoms. The standard InChI is InChI=1S/C11H24BNO/c1-6-8-12(9(3)7-2)13-10(4)11(5)14/h9-10,13H,6-8H2,1-5H3/t9-,10?/m0/s1. The molecule has 3 heteroatoms. The summed E-state index contributed by atoms with van der Waals surface area (Å²) in [6.07, 6.45) is 3.50. The first kappa shape index (κ1) is 13.7. The zero-order valence-electron chi connectivity index (χ0n) is 10.3. The fourth-order valence-corrected chi connectivity index (χ4v) is 1.57. The summed E-state index contributed by atoms with van der Waals surface area (Å²) in [5.74, 6) is 0.881. The molecule has 82 valence electrons. The van der Waals surface area contributed by atoms with Crippen molar-refractivity contribution >= 4 is 12.6 Å². The van der Waals surface area contributed by atoms with E-state index in [2.05, 4.69) is 26.0 Å². The molecule has 1 unspecified atom stereocenters. The smallest absolute Gasteiger partial charge is 0.223 e. The first-order valence-corrected chi connectivity index (χ1v) is 5.79. The highest BCUT2D eigenvalue weighted by atomic mass is 16.1. The van der Waals surface area contributed by atoms with E-state index in [1.807, 2.05) is 6.92 Å². The molecule has 0 heterocycles. The van der Waals surface area contributed by atoms with Gasteiger partial charge in [-0.15, -0.1) is 0 Å². The van der Waals surface area contributed by atoms with Gasteiger partial charge in [-0.3, -0.25) is 4.79 Å². The zero-order chi connectivity index (χ0) is 11.1. The third-order valence-corrected chi connectivity index (χ3v) is 3.00. The second kappa shape index (κ2) is 7.05. The topological polar surface area (TPSA) is 29.1 Å². The summed E-state index contributed by atoms with van der Waals surface area (Å²) < 4.78 is 0. The average molecular weight is 197 g/mol. The highest BCUT2D eigenvalue weighted by Crippen LogP contribution is 2.16. The van der Waals surface area contributed by atoms with Crippen LogP contribution in [0.5, 0.6) is 0 Å². The molecule has 2 nitrogen and oxygen atoms in total. The van der Waals surface area contributed by atoms with Gasteiger partial charge in [0.1, 0.15) is 5.78 Å². The Kier molecular flexibility index (Phi) is 6.90. The molecule has 0 saturated carbocycles. The Morgan fingerprint density at radius 1 is 1.36 bits per heavy atom. The predicted octanol–water partition coefficient (Wildman–Crippen LogP) is 2.76. The van der Waals surface area contributed by atoms with Gasteiger partial charge in [0, 0.05) is 0 Å².